The van der Waals surface area contributed by atoms with Gasteiger partial charge in [0.1, 0.15) is 0 Å². The van der Waals surface area contributed by atoms with Gasteiger partial charge in [0.15, 0.2) is 0 Å². The summed E-state index contributed by atoms with van der Waals surface area (Å²) in [5.74, 6) is -1.00. The minimum Gasteiger partial charge on any atom is -0.478 e. The molecule has 5 nitrogen and oxygen atoms in total. The number of hydrogen-bond acceptors (Lipinski definition) is 3. The Bertz CT molecular complexity index is 718. The number of rotatable bonds is 3. The second-order valence-corrected chi connectivity index (χ2v) is 5.59. The molecular weight excluding hydrogens is 311 g/mol. The molecule has 0 aromatic carbocycles. The van der Waals surface area contributed by atoms with E-state index >= 15 is 0 Å². The third-order valence-electron chi connectivity index (χ3n) is 4.00. The van der Waals surface area contributed by atoms with Crippen molar-refractivity contribution in [2.24, 2.45) is 0 Å². The molecule has 0 atom stereocenters. The summed E-state index contributed by atoms with van der Waals surface area (Å²) in [6, 6.07) is 4.96. The molecular formula is C15H16F3N3O2. The Labute approximate surface area is 130 Å². The number of piperazine rings is 1. The SMILES string of the molecule is O=C(O)c1ccn2ccc(N3CCN(CC(F)(F)F)CC3)c2c1. The van der Waals surface area contributed by atoms with Gasteiger partial charge < -0.3 is 14.4 Å². The number of carboxylic acids is 1. The Morgan fingerprint density at radius 2 is 1.78 bits per heavy atom. The van der Waals surface area contributed by atoms with E-state index in [1.165, 1.54) is 11.0 Å². The number of aromatic carboxylic acids is 1. The topological polar surface area (TPSA) is 48.2 Å². The Balaban J connectivity index is 1.77. The molecule has 0 aliphatic carbocycles. The van der Waals surface area contributed by atoms with Crippen LogP contribution in [0.2, 0.25) is 0 Å². The molecule has 1 aliphatic heterocycles. The van der Waals surface area contributed by atoms with Gasteiger partial charge in [-0.1, -0.05) is 0 Å². The molecule has 3 rings (SSSR count). The third kappa shape index (κ3) is 3.42. The minimum atomic E-state index is -4.18. The van der Waals surface area contributed by atoms with Crippen LogP contribution in [0.5, 0.6) is 0 Å². The fourth-order valence-corrected chi connectivity index (χ4v) is 2.88. The van der Waals surface area contributed by atoms with E-state index in [0.717, 1.165) is 11.2 Å². The molecule has 0 spiro atoms. The highest BCUT2D eigenvalue weighted by Crippen LogP contribution is 2.26. The molecule has 124 valence electrons. The van der Waals surface area contributed by atoms with Crippen molar-refractivity contribution in [1.29, 1.82) is 0 Å². The first-order valence-electron chi connectivity index (χ1n) is 7.21. The highest BCUT2D eigenvalue weighted by atomic mass is 19.4. The molecule has 1 N–H and O–H groups in total. The maximum absolute atomic E-state index is 12.4. The zero-order valence-electron chi connectivity index (χ0n) is 12.3. The number of aromatic nitrogens is 1. The maximum atomic E-state index is 12.4. The van der Waals surface area contributed by atoms with E-state index in [1.54, 1.807) is 12.3 Å². The fraction of sp³-hybridized carbons (Fsp3) is 0.400. The van der Waals surface area contributed by atoms with Gasteiger partial charge in [0.05, 0.1) is 23.3 Å². The minimum absolute atomic E-state index is 0.188. The standard InChI is InChI=1S/C15H16F3N3O2/c16-15(17,18)10-19-5-7-21(8-6-19)12-2-4-20-3-1-11(14(22)23)9-13(12)20/h1-4,9H,5-8,10H2,(H,22,23). The van der Waals surface area contributed by atoms with E-state index in [-0.39, 0.29) is 5.56 Å². The summed E-state index contributed by atoms with van der Waals surface area (Å²) in [6.07, 6.45) is -0.692. The van der Waals surface area contributed by atoms with Crippen LogP contribution in [0.4, 0.5) is 18.9 Å². The van der Waals surface area contributed by atoms with E-state index in [0.29, 0.717) is 26.2 Å². The van der Waals surface area contributed by atoms with Crippen LogP contribution in [0.25, 0.3) is 5.52 Å². The van der Waals surface area contributed by atoms with E-state index in [9.17, 15) is 18.0 Å². The number of fused-ring (bicyclic) bond motifs is 1. The first-order valence-corrected chi connectivity index (χ1v) is 7.21. The van der Waals surface area contributed by atoms with Gasteiger partial charge in [-0.25, -0.2) is 4.79 Å². The molecule has 2 aromatic rings. The van der Waals surface area contributed by atoms with Crippen LogP contribution in [0.15, 0.2) is 30.6 Å². The van der Waals surface area contributed by atoms with Crippen molar-refractivity contribution in [3.05, 3.63) is 36.2 Å². The molecule has 0 unspecified atom stereocenters. The summed E-state index contributed by atoms with van der Waals surface area (Å²) in [5.41, 5.74) is 1.78. The van der Waals surface area contributed by atoms with Crippen molar-refractivity contribution in [2.45, 2.75) is 6.18 Å². The summed E-state index contributed by atoms with van der Waals surface area (Å²) in [7, 11) is 0. The monoisotopic (exact) mass is 327 g/mol. The molecule has 0 bridgehead atoms. The van der Waals surface area contributed by atoms with Crippen molar-refractivity contribution in [3.8, 4) is 0 Å². The zero-order valence-corrected chi connectivity index (χ0v) is 12.3. The van der Waals surface area contributed by atoms with Crippen LogP contribution >= 0.6 is 0 Å². The lowest BCUT2D eigenvalue weighted by Crippen LogP contribution is -2.49. The lowest BCUT2D eigenvalue weighted by Gasteiger charge is -2.36. The smallest absolute Gasteiger partial charge is 0.401 e. The number of alkyl halides is 3. The Hall–Kier alpha value is -2.22. The summed E-state index contributed by atoms with van der Waals surface area (Å²) < 4.78 is 39.1. The summed E-state index contributed by atoms with van der Waals surface area (Å²) >= 11 is 0. The van der Waals surface area contributed by atoms with Crippen molar-refractivity contribution in [1.82, 2.24) is 9.30 Å². The normalized spacial score (nSPS) is 16.9. The van der Waals surface area contributed by atoms with Crippen molar-refractivity contribution < 1.29 is 23.1 Å². The largest absolute Gasteiger partial charge is 0.478 e. The van der Waals surface area contributed by atoms with Gasteiger partial charge in [-0.15, -0.1) is 0 Å². The average Bonchev–Trinajstić information content (AvgIpc) is 2.89. The van der Waals surface area contributed by atoms with Gasteiger partial charge >= 0.3 is 12.1 Å². The van der Waals surface area contributed by atoms with E-state index in [4.69, 9.17) is 5.11 Å². The van der Waals surface area contributed by atoms with Crippen molar-refractivity contribution >= 4 is 17.2 Å². The Morgan fingerprint density at radius 1 is 1.13 bits per heavy atom. The van der Waals surface area contributed by atoms with Crippen LogP contribution in [-0.2, 0) is 0 Å². The molecule has 1 fully saturated rings. The van der Waals surface area contributed by atoms with Gasteiger partial charge in [0.25, 0.3) is 0 Å². The molecule has 0 saturated carbocycles. The summed E-state index contributed by atoms with van der Waals surface area (Å²) in [6.45, 7) is 0.728. The average molecular weight is 327 g/mol. The number of pyridine rings is 1. The van der Waals surface area contributed by atoms with E-state index < -0.39 is 18.7 Å². The van der Waals surface area contributed by atoms with Gasteiger partial charge in [-0.2, -0.15) is 13.2 Å². The fourth-order valence-electron chi connectivity index (χ4n) is 2.88. The first kappa shape index (κ1) is 15.7. The number of halogens is 3. The molecule has 3 heterocycles. The number of nitrogens with zero attached hydrogens (tertiary/aromatic N) is 3. The lowest BCUT2D eigenvalue weighted by atomic mass is 10.2. The highest BCUT2D eigenvalue weighted by molar-refractivity contribution is 5.90. The van der Waals surface area contributed by atoms with Crippen LogP contribution in [0.1, 0.15) is 10.4 Å². The van der Waals surface area contributed by atoms with E-state index in [1.807, 2.05) is 21.6 Å². The molecule has 0 amide bonds. The molecule has 23 heavy (non-hydrogen) atoms. The molecule has 2 aromatic heterocycles. The lowest BCUT2D eigenvalue weighted by molar-refractivity contribution is -0.146. The highest BCUT2D eigenvalue weighted by Gasteiger charge is 2.32. The quantitative estimate of drug-likeness (QED) is 0.940. The van der Waals surface area contributed by atoms with Crippen LogP contribution in [0.3, 0.4) is 0 Å². The molecule has 8 heteroatoms. The van der Waals surface area contributed by atoms with Crippen molar-refractivity contribution in [3.63, 3.8) is 0 Å². The number of carboxylic acid groups (broad SMARTS) is 1. The Morgan fingerprint density at radius 3 is 2.39 bits per heavy atom. The second kappa shape index (κ2) is 5.77. The molecule has 1 aliphatic rings. The summed E-state index contributed by atoms with van der Waals surface area (Å²) in [4.78, 5) is 14.5. The predicted octanol–water partition coefficient (Wildman–Crippen LogP) is 2.32. The Kier molecular flexibility index (Phi) is 3.93. The van der Waals surface area contributed by atoms with Gasteiger partial charge in [0, 0.05) is 38.6 Å². The van der Waals surface area contributed by atoms with Crippen LogP contribution in [-0.4, -0.2) is 59.3 Å². The predicted molar refractivity (Wildman–Crippen MR) is 79.1 cm³/mol. The zero-order chi connectivity index (χ0) is 16.6. The van der Waals surface area contributed by atoms with E-state index in [2.05, 4.69) is 0 Å². The number of carbonyl (C=O) groups is 1. The number of anilines is 1. The second-order valence-electron chi connectivity index (χ2n) is 5.59. The van der Waals surface area contributed by atoms with Crippen LogP contribution < -0.4 is 4.90 Å². The van der Waals surface area contributed by atoms with Gasteiger partial charge in [-0.3, -0.25) is 4.90 Å². The number of hydrogen-bond donors (Lipinski definition) is 1. The third-order valence-corrected chi connectivity index (χ3v) is 4.00. The summed E-state index contributed by atoms with van der Waals surface area (Å²) in [5, 5.41) is 9.09. The van der Waals surface area contributed by atoms with Crippen LogP contribution in [0, 0.1) is 0 Å². The van der Waals surface area contributed by atoms with Gasteiger partial charge in [0.2, 0.25) is 0 Å². The molecule has 0 radical (unpaired) electrons. The van der Waals surface area contributed by atoms with Crippen molar-refractivity contribution in [2.75, 3.05) is 37.6 Å². The first-order chi connectivity index (χ1) is 10.8. The van der Waals surface area contributed by atoms with Gasteiger partial charge in [-0.05, 0) is 18.2 Å². The molecule has 1 saturated heterocycles. The maximum Gasteiger partial charge on any atom is 0.401 e.